The molecule has 1 N–H and O–H groups in total. The minimum absolute atomic E-state index is 0.120. The van der Waals surface area contributed by atoms with E-state index in [0.717, 1.165) is 18.5 Å². The topological polar surface area (TPSA) is 35.8 Å². The molecule has 1 aromatic heterocycles. The van der Waals surface area contributed by atoms with E-state index in [1.807, 2.05) is 11.4 Å². The van der Waals surface area contributed by atoms with E-state index in [1.54, 1.807) is 11.3 Å². The first-order chi connectivity index (χ1) is 7.72. The molecule has 0 unspecified atom stereocenters. The zero-order chi connectivity index (χ0) is 13.1. The molecule has 3 heteroatoms. The fraction of sp³-hybridized carbons (Fsp3) is 0.643. The summed E-state index contributed by atoms with van der Waals surface area (Å²) in [6, 6.07) is 4.13. The quantitative estimate of drug-likeness (QED) is 0.879. The lowest BCUT2D eigenvalue weighted by Gasteiger charge is -2.33. The highest BCUT2D eigenvalue weighted by atomic mass is 32.1. The minimum Gasteiger partial charge on any atom is -0.307 e. The van der Waals surface area contributed by atoms with Crippen LogP contribution in [0.4, 0.5) is 0 Å². The SMILES string of the molecule is CC(C)(C)CC(C)(C)NCc1cc(C#N)cs1. The van der Waals surface area contributed by atoms with Gasteiger partial charge in [-0.05, 0) is 31.7 Å². The van der Waals surface area contributed by atoms with Crippen molar-refractivity contribution in [3.8, 4) is 6.07 Å². The van der Waals surface area contributed by atoms with Crippen molar-refractivity contribution in [3.05, 3.63) is 21.9 Å². The van der Waals surface area contributed by atoms with Gasteiger partial charge in [-0.3, -0.25) is 0 Å². The number of nitriles is 1. The zero-order valence-corrected chi connectivity index (χ0v) is 12.2. The van der Waals surface area contributed by atoms with Gasteiger partial charge in [0, 0.05) is 22.3 Å². The fourth-order valence-electron chi connectivity index (χ4n) is 2.25. The van der Waals surface area contributed by atoms with Crippen molar-refractivity contribution in [2.24, 2.45) is 5.41 Å². The second kappa shape index (κ2) is 5.20. The van der Waals surface area contributed by atoms with Crippen molar-refractivity contribution in [1.82, 2.24) is 5.32 Å². The summed E-state index contributed by atoms with van der Waals surface area (Å²) in [7, 11) is 0. The van der Waals surface area contributed by atoms with Crippen molar-refractivity contribution in [3.63, 3.8) is 0 Å². The van der Waals surface area contributed by atoms with Gasteiger partial charge in [-0.25, -0.2) is 0 Å². The van der Waals surface area contributed by atoms with Crippen LogP contribution >= 0.6 is 11.3 Å². The van der Waals surface area contributed by atoms with E-state index < -0.39 is 0 Å². The lowest BCUT2D eigenvalue weighted by molar-refractivity contribution is 0.241. The Morgan fingerprint density at radius 1 is 1.29 bits per heavy atom. The van der Waals surface area contributed by atoms with Crippen LogP contribution in [0.2, 0.25) is 0 Å². The van der Waals surface area contributed by atoms with Gasteiger partial charge in [0.2, 0.25) is 0 Å². The standard InChI is InChI=1S/C14H22N2S/c1-13(2,3)10-14(4,5)16-8-12-6-11(7-15)9-17-12/h6,9,16H,8,10H2,1-5H3. The summed E-state index contributed by atoms with van der Waals surface area (Å²) in [6.07, 6.45) is 1.12. The summed E-state index contributed by atoms with van der Waals surface area (Å²) in [5.74, 6) is 0. The maximum Gasteiger partial charge on any atom is 0.100 e. The van der Waals surface area contributed by atoms with Gasteiger partial charge < -0.3 is 5.32 Å². The van der Waals surface area contributed by atoms with Crippen LogP contribution in [0.25, 0.3) is 0 Å². The van der Waals surface area contributed by atoms with Crippen LogP contribution in [0.3, 0.4) is 0 Å². The van der Waals surface area contributed by atoms with Gasteiger partial charge in [-0.2, -0.15) is 5.26 Å². The summed E-state index contributed by atoms with van der Waals surface area (Å²) in [5.41, 5.74) is 1.21. The maximum atomic E-state index is 8.77. The van der Waals surface area contributed by atoms with Gasteiger partial charge in [-0.15, -0.1) is 11.3 Å². The minimum atomic E-state index is 0.120. The van der Waals surface area contributed by atoms with Crippen LogP contribution in [-0.2, 0) is 6.54 Å². The Kier molecular flexibility index (Phi) is 4.35. The summed E-state index contributed by atoms with van der Waals surface area (Å²) in [5, 5.41) is 14.2. The van der Waals surface area contributed by atoms with Crippen molar-refractivity contribution in [1.29, 1.82) is 5.26 Å². The summed E-state index contributed by atoms with van der Waals surface area (Å²) < 4.78 is 0. The monoisotopic (exact) mass is 250 g/mol. The Hall–Kier alpha value is -0.850. The number of nitrogens with one attached hydrogen (secondary N) is 1. The van der Waals surface area contributed by atoms with Gasteiger partial charge in [-0.1, -0.05) is 20.8 Å². The summed E-state index contributed by atoms with van der Waals surface area (Å²) >= 11 is 1.65. The highest BCUT2D eigenvalue weighted by Gasteiger charge is 2.24. The van der Waals surface area contributed by atoms with Gasteiger partial charge in [0.05, 0.1) is 5.56 Å². The third-order valence-corrected chi connectivity index (χ3v) is 3.43. The molecule has 0 saturated carbocycles. The molecular formula is C14H22N2S. The van der Waals surface area contributed by atoms with Crippen LogP contribution in [0, 0.1) is 16.7 Å². The van der Waals surface area contributed by atoms with Crippen molar-refractivity contribution < 1.29 is 0 Å². The molecule has 2 nitrogen and oxygen atoms in total. The normalized spacial score (nSPS) is 12.5. The average Bonchev–Trinajstić information content (AvgIpc) is 2.58. The fourth-order valence-corrected chi connectivity index (χ4v) is 3.00. The van der Waals surface area contributed by atoms with E-state index >= 15 is 0 Å². The van der Waals surface area contributed by atoms with E-state index in [0.29, 0.717) is 5.41 Å². The molecule has 0 radical (unpaired) electrons. The highest BCUT2D eigenvalue weighted by molar-refractivity contribution is 7.10. The molecule has 1 heterocycles. The molecule has 94 valence electrons. The molecule has 0 aliphatic heterocycles. The first kappa shape index (κ1) is 14.2. The van der Waals surface area contributed by atoms with Crippen LogP contribution in [0.1, 0.15) is 51.5 Å². The molecule has 0 bridgehead atoms. The molecule has 0 atom stereocenters. The highest BCUT2D eigenvalue weighted by Crippen LogP contribution is 2.27. The lowest BCUT2D eigenvalue weighted by atomic mass is 9.82. The van der Waals surface area contributed by atoms with Crippen LogP contribution in [0.15, 0.2) is 11.4 Å². The van der Waals surface area contributed by atoms with Gasteiger partial charge >= 0.3 is 0 Å². The summed E-state index contributed by atoms with van der Waals surface area (Å²) in [4.78, 5) is 1.23. The molecule has 0 spiro atoms. The smallest absolute Gasteiger partial charge is 0.100 e. The largest absolute Gasteiger partial charge is 0.307 e. The van der Waals surface area contributed by atoms with E-state index in [4.69, 9.17) is 5.26 Å². The third-order valence-electron chi connectivity index (χ3n) is 2.50. The van der Waals surface area contributed by atoms with Gasteiger partial charge in [0.1, 0.15) is 6.07 Å². The predicted octanol–water partition coefficient (Wildman–Crippen LogP) is 3.92. The van der Waals surface area contributed by atoms with Crippen molar-refractivity contribution in [2.75, 3.05) is 0 Å². The molecule has 0 aliphatic carbocycles. The number of rotatable bonds is 4. The van der Waals surface area contributed by atoms with E-state index in [1.165, 1.54) is 4.88 Å². The van der Waals surface area contributed by atoms with Gasteiger partial charge in [0.25, 0.3) is 0 Å². The Morgan fingerprint density at radius 2 is 1.94 bits per heavy atom. The molecule has 0 saturated heterocycles. The summed E-state index contributed by atoms with van der Waals surface area (Å²) in [6.45, 7) is 12.1. The average molecular weight is 250 g/mol. The molecule has 0 amide bonds. The van der Waals surface area contributed by atoms with Crippen LogP contribution < -0.4 is 5.32 Å². The second-order valence-electron chi connectivity index (χ2n) is 6.39. The number of nitrogens with zero attached hydrogens (tertiary/aromatic N) is 1. The van der Waals surface area contributed by atoms with Crippen molar-refractivity contribution >= 4 is 11.3 Å². The van der Waals surface area contributed by atoms with Gasteiger partial charge in [0.15, 0.2) is 0 Å². The molecule has 17 heavy (non-hydrogen) atoms. The van der Waals surface area contributed by atoms with E-state index in [9.17, 15) is 0 Å². The molecule has 0 aromatic carbocycles. The Balaban J connectivity index is 2.52. The van der Waals surface area contributed by atoms with Crippen LogP contribution in [-0.4, -0.2) is 5.54 Å². The van der Waals surface area contributed by atoms with E-state index in [-0.39, 0.29) is 5.54 Å². The second-order valence-corrected chi connectivity index (χ2v) is 7.38. The molecular weight excluding hydrogens is 228 g/mol. The molecule has 0 fully saturated rings. The first-order valence-corrected chi connectivity index (χ1v) is 6.82. The third kappa shape index (κ3) is 5.34. The Bertz CT molecular complexity index is 405. The molecule has 0 aliphatic rings. The molecule has 1 rings (SSSR count). The predicted molar refractivity (Wildman–Crippen MR) is 74.0 cm³/mol. The number of thiophene rings is 1. The van der Waals surface area contributed by atoms with Crippen LogP contribution in [0.5, 0.6) is 0 Å². The van der Waals surface area contributed by atoms with Crippen molar-refractivity contribution in [2.45, 2.75) is 53.1 Å². The first-order valence-electron chi connectivity index (χ1n) is 5.94. The Morgan fingerprint density at radius 3 is 2.41 bits per heavy atom. The Labute approximate surface area is 109 Å². The number of hydrogen-bond donors (Lipinski definition) is 1. The van der Waals surface area contributed by atoms with E-state index in [2.05, 4.69) is 46.0 Å². The lowest BCUT2D eigenvalue weighted by Crippen LogP contribution is -2.41. The maximum absolute atomic E-state index is 8.77. The number of hydrogen-bond acceptors (Lipinski definition) is 3. The molecule has 1 aromatic rings. The zero-order valence-electron chi connectivity index (χ0n) is 11.4.